The van der Waals surface area contributed by atoms with E-state index in [2.05, 4.69) is 0 Å². The minimum atomic E-state index is -1.28. The molecule has 1 heterocycles. The van der Waals surface area contributed by atoms with Gasteiger partial charge in [0.2, 0.25) is 0 Å². The topological polar surface area (TPSA) is 22.0 Å². The van der Waals surface area contributed by atoms with Crippen molar-refractivity contribution in [2.75, 3.05) is 0 Å². The number of rotatable bonds is 2. The van der Waals surface area contributed by atoms with Crippen LogP contribution in [0.25, 0.3) is 0 Å². The SMILES string of the molecule is O=c1sccn1CCC(Cl)(Cl)Cl. The molecule has 0 saturated heterocycles. The molecule has 0 N–H and O–H groups in total. The number of hydrogen-bond donors (Lipinski definition) is 0. The summed E-state index contributed by atoms with van der Waals surface area (Å²) < 4.78 is 0.244. The lowest BCUT2D eigenvalue weighted by atomic mass is 10.5. The van der Waals surface area contributed by atoms with Crippen LogP contribution >= 0.6 is 46.1 Å². The van der Waals surface area contributed by atoms with E-state index in [9.17, 15) is 4.79 Å². The van der Waals surface area contributed by atoms with Crippen LogP contribution in [0.15, 0.2) is 16.4 Å². The number of hydrogen-bond acceptors (Lipinski definition) is 2. The summed E-state index contributed by atoms with van der Waals surface area (Å²) in [6.45, 7) is 0.443. The molecular weight excluding hydrogens is 240 g/mol. The van der Waals surface area contributed by atoms with E-state index in [-0.39, 0.29) is 4.87 Å². The highest BCUT2D eigenvalue weighted by Crippen LogP contribution is 2.30. The second-order valence-electron chi connectivity index (χ2n) is 2.23. The Bertz CT molecular complexity index is 300. The van der Waals surface area contributed by atoms with Crippen LogP contribution in [0.3, 0.4) is 0 Å². The van der Waals surface area contributed by atoms with Gasteiger partial charge in [-0.1, -0.05) is 46.1 Å². The van der Waals surface area contributed by atoms with Gasteiger partial charge in [0.25, 0.3) is 0 Å². The van der Waals surface area contributed by atoms with E-state index in [0.717, 1.165) is 11.3 Å². The molecule has 1 aromatic rings. The summed E-state index contributed by atoms with van der Waals surface area (Å²) in [5.74, 6) is 0. The van der Waals surface area contributed by atoms with Crippen LogP contribution in [0.5, 0.6) is 0 Å². The predicted molar refractivity (Wildman–Crippen MR) is 53.5 cm³/mol. The average molecular weight is 247 g/mol. The molecule has 1 aromatic heterocycles. The predicted octanol–water partition coefficient (Wildman–Crippen LogP) is 2.67. The van der Waals surface area contributed by atoms with E-state index in [0.29, 0.717) is 13.0 Å². The van der Waals surface area contributed by atoms with E-state index >= 15 is 0 Å². The van der Waals surface area contributed by atoms with Gasteiger partial charge < -0.3 is 4.57 Å². The molecular formula is C6H6Cl3NOS. The van der Waals surface area contributed by atoms with Crippen molar-refractivity contribution in [3.63, 3.8) is 0 Å². The molecule has 0 atom stereocenters. The first-order valence-electron chi connectivity index (χ1n) is 3.20. The largest absolute Gasteiger partial charge is 0.307 e. The normalized spacial score (nSPS) is 11.9. The Morgan fingerprint density at radius 1 is 1.50 bits per heavy atom. The lowest BCUT2D eigenvalue weighted by Crippen LogP contribution is -2.16. The van der Waals surface area contributed by atoms with E-state index in [1.54, 1.807) is 11.6 Å². The van der Waals surface area contributed by atoms with Crippen LogP contribution in [-0.4, -0.2) is 8.36 Å². The quantitative estimate of drug-likeness (QED) is 0.736. The minimum absolute atomic E-state index is 0.0238. The average Bonchev–Trinajstić information content (AvgIpc) is 2.29. The first-order chi connectivity index (χ1) is 5.49. The van der Waals surface area contributed by atoms with Gasteiger partial charge in [-0.25, -0.2) is 0 Å². The fourth-order valence-electron chi connectivity index (χ4n) is 0.704. The van der Waals surface area contributed by atoms with Crippen molar-refractivity contribution in [2.45, 2.75) is 16.8 Å². The lowest BCUT2D eigenvalue weighted by Gasteiger charge is -2.09. The number of aromatic nitrogens is 1. The maximum atomic E-state index is 11.0. The number of thiazole rings is 1. The molecule has 0 fully saturated rings. The minimum Gasteiger partial charge on any atom is -0.306 e. The summed E-state index contributed by atoms with van der Waals surface area (Å²) in [6.07, 6.45) is 2.03. The van der Waals surface area contributed by atoms with Crippen LogP contribution in [0, 0.1) is 0 Å². The van der Waals surface area contributed by atoms with Gasteiger partial charge in [0, 0.05) is 24.5 Å². The van der Waals surface area contributed by atoms with Crippen molar-refractivity contribution in [1.82, 2.24) is 4.57 Å². The Labute approximate surface area is 88.7 Å². The summed E-state index contributed by atoms with van der Waals surface area (Å²) in [5.41, 5.74) is 0. The lowest BCUT2D eigenvalue weighted by molar-refractivity contribution is 0.644. The molecule has 12 heavy (non-hydrogen) atoms. The van der Waals surface area contributed by atoms with Gasteiger partial charge in [-0.2, -0.15) is 0 Å². The first-order valence-corrected chi connectivity index (χ1v) is 5.21. The summed E-state index contributed by atoms with van der Waals surface area (Å²) in [7, 11) is 0. The van der Waals surface area contributed by atoms with E-state index in [1.807, 2.05) is 0 Å². The zero-order valence-electron chi connectivity index (χ0n) is 5.97. The van der Waals surface area contributed by atoms with Crippen molar-refractivity contribution in [2.24, 2.45) is 0 Å². The molecule has 0 spiro atoms. The van der Waals surface area contributed by atoms with Gasteiger partial charge in [0.1, 0.15) is 0 Å². The van der Waals surface area contributed by atoms with Crippen molar-refractivity contribution in [3.8, 4) is 0 Å². The molecule has 0 aliphatic carbocycles. The number of halogens is 3. The van der Waals surface area contributed by atoms with Gasteiger partial charge in [0.15, 0.2) is 3.79 Å². The third kappa shape index (κ3) is 3.35. The van der Waals surface area contributed by atoms with E-state index in [4.69, 9.17) is 34.8 Å². The molecule has 6 heteroatoms. The standard InChI is InChI=1S/C6H6Cl3NOS/c7-6(8,9)1-2-10-3-4-12-5(10)11/h3-4H,1-2H2. The molecule has 0 radical (unpaired) electrons. The second-order valence-corrected chi connectivity index (χ2v) is 5.60. The molecule has 0 aliphatic rings. The van der Waals surface area contributed by atoms with Crippen molar-refractivity contribution in [1.29, 1.82) is 0 Å². The number of alkyl halides is 3. The monoisotopic (exact) mass is 245 g/mol. The van der Waals surface area contributed by atoms with Gasteiger partial charge in [0.05, 0.1) is 0 Å². The number of aryl methyl sites for hydroxylation is 1. The molecule has 0 amide bonds. The Kier molecular flexibility index (Phi) is 3.47. The Morgan fingerprint density at radius 2 is 2.17 bits per heavy atom. The highest BCUT2D eigenvalue weighted by atomic mass is 35.6. The highest BCUT2D eigenvalue weighted by Gasteiger charge is 2.19. The smallest absolute Gasteiger partial charge is 0.306 e. The molecule has 0 aromatic carbocycles. The number of nitrogens with zero attached hydrogens (tertiary/aromatic N) is 1. The summed E-state index contributed by atoms with van der Waals surface area (Å²) in [4.78, 5) is 11.0. The maximum Gasteiger partial charge on any atom is 0.307 e. The fraction of sp³-hybridized carbons (Fsp3) is 0.500. The molecule has 0 aliphatic heterocycles. The van der Waals surface area contributed by atoms with E-state index < -0.39 is 3.79 Å². The Morgan fingerprint density at radius 3 is 2.58 bits per heavy atom. The van der Waals surface area contributed by atoms with Crippen LogP contribution in [-0.2, 0) is 6.54 Å². The van der Waals surface area contributed by atoms with Crippen molar-refractivity contribution < 1.29 is 0 Å². The Balaban J connectivity index is 2.55. The van der Waals surface area contributed by atoms with Gasteiger partial charge in [-0.05, 0) is 0 Å². The third-order valence-electron chi connectivity index (χ3n) is 1.28. The molecule has 0 bridgehead atoms. The second kappa shape index (κ2) is 4.01. The van der Waals surface area contributed by atoms with Crippen molar-refractivity contribution in [3.05, 3.63) is 21.2 Å². The summed E-state index contributed by atoms with van der Waals surface area (Å²) in [5, 5.41) is 1.71. The molecule has 0 saturated carbocycles. The molecule has 1 rings (SSSR count). The molecule has 0 unspecified atom stereocenters. The van der Waals surface area contributed by atoms with E-state index in [1.165, 1.54) is 4.57 Å². The van der Waals surface area contributed by atoms with Crippen LogP contribution in [0.1, 0.15) is 6.42 Å². The summed E-state index contributed by atoms with van der Waals surface area (Å²) in [6, 6.07) is 0. The van der Waals surface area contributed by atoms with Gasteiger partial charge in [-0.3, -0.25) is 4.79 Å². The Hall–Kier alpha value is 0.300. The molecule has 68 valence electrons. The fourth-order valence-corrected chi connectivity index (χ4v) is 1.57. The highest BCUT2D eigenvalue weighted by molar-refractivity contribution is 7.07. The zero-order valence-corrected chi connectivity index (χ0v) is 9.05. The van der Waals surface area contributed by atoms with Crippen molar-refractivity contribution >= 4 is 46.1 Å². The van der Waals surface area contributed by atoms with Crippen LogP contribution in [0.2, 0.25) is 0 Å². The van der Waals surface area contributed by atoms with Gasteiger partial charge >= 0.3 is 4.87 Å². The third-order valence-corrected chi connectivity index (χ3v) is 2.54. The van der Waals surface area contributed by atoms with Crippen LogP contribution in [0.4, 0.5) is 0 Å². The first kappa shape index (κ1) is 10.4. The van der Waals surface area contributed by atoms with Crippen LogP contribution < -0.4 is 4.87 Å². The molecule has 2 nitrogen and oxygen atoms in total. The maximum absolute atomic E-state index is 11.0. The zero-order chi connectivity index (χ0) is 9.19. The summed E-state index contributed by atoms with van der Waals surface area (Å²) >= 11 is 17.7. The van der Waals surface area contributed by atoms with Gasteiger partial charge in [-0.15, -0.1) is 0 Å².